The third-order valence-electron chi connectivity index (χ3n) is 3.15. The van der Waals surface area contributed by atoms with Gasteiger partial charge in [-0.05, 0) is 36.6 Å². The zero-order valence-electron chi connectivity index (χ0n) is 10.9. The molecule has 0 unspecified atom stereocenters. The lowest BCUT2D eigenvalue weighted by Gasteiger charge is -2.24. The Morgan fingerprint density at radius 1 is 1.55 bits per heavy atom. The summed E-state index contributed by atoms with van der Waals surface area (Å²) in [6.45, 7) is 0.516. The van der Waals surface area contributed by atoms with E-state index in [1.54, 1.807) is 12.1 Å². The molecule has 20 heavy (non-hydrogen) atoms. The summed E-state index contributed by atoms with van der Waals surface area (Å²) in [7, 11) is 0. The number of hydrogen-bond donors (Lipinski definition) is 1. The smallest absolute Gasteiger partial charge is 0.328 e. The van der Waals surface area contributed by atoms with Crippen molar-refractivity contribution in [2.45, 2.75) is 25.3 Å². The molecule has 1 saturated carbocycles. The fourth-order valence-electron chi connectivity index (χ4n) is 2.08. The summed E-state index contributed by atoms with van der Waals surface area (Å²) < 4.78 is 14.1. The molecule has 0 heterocycles. The Morgan fingerprint density at radius 3 is 2.85 bits per heavy atom. The van der Waals surface area contributed by atoms with Gasteiger partial charge in [-0.3, -0.25) is 0 Å². The third kappa shape index (κ3) is 3.58. The minimum atomic E-state index is -1.07. The van der Waals surface area contributed by atoms with Crippen LogP contribution in [0.4, 0.5) is 10.1 Å². The summed E-state index contributed by atoms with van der Waals surface area (Å²) in [6, 6.07) is 7.03. The van der Waals surface area contributed by atoms with E-state index in [0.29, 0.717) is 30.3 Å². The van der Waals surface area contributed by atoms with E-state index in [4.69, 9.17) is 10.4 Å². The fourth-order valence-corrected chi connectivity index (χ4v) is 2.08. The van der Waals surface area contributed by atoms with E-state index < -0.39 is 5.97 Å². The first kappa shape index (κ1) is 14.1. The highest BCUT2D eigenvalue weighted by atomic mass is 19.1. The van der Waals surface area contributed by atoms with Crippen LogP contribution in [0.5, 0.6) is 0 Å². The van der Waals surface area contributed by atoms with Gasteiger partial charge in [0.2, 0.25) is 0 Å². The van der Waals surface area contributed by atoms with Crippen LogP contribution in [0.3, 0.4) is 0 Å². The van der Waals surface area contributed by atoms with Crippen LogP contribution < -0.4 is 4.90 Å². The van der Waals surface area contributed by atoms with Crippen molar-refractivity contribution in [2.75, 3.05) is 11.4 Å². The number of nitriles is 1. The second-order valence-corrected chi connectivity index (χ2v) is 4.72. The van der Waals surface area contributed by atoms with Crippen LogP contribution in [-0.2, 0) is 4.79 Å². The summed E-state index contributed by atoms with van der Waals surface area (Å²) in [5.41, 5.74) is 0.986. The Balaban J connectivity index is 2.19. The number of aliphatic carboxylic acids is 1. The topological polar surface area (TPSA) is 64.3 Å². The molecule has 2 rings (SSSR count). The molecular weight excluding hydrogens is 259 g/mol. The average molecular weight is 274 g/mol. The summed E-state index contributed by atoms with van der Waals surface area (Å²) in [6.07, 6.45) is 4.72. The van der Waals surface area contributed by atoms with Crippen molar-refractivity contribution in [1.29, 1.82) is 5.26 Å². The summed E-state index contributed by atoms with van der Waals surface area (Å²) in [5, 5.41) is 17.2. The van der Waals surface area contributed by atoms with E-state index in [9.17, 15) is 9.18 Å². The quantitative estimate of drug-likeness (QED) is 0.810. The van der Waals surface area contributed by atoms with Gasteiger partial charge in [-0.15, -0.1) is 0 Å². The van der Waals surface area contributed by atoms with Crippen molar-refractivity contribution in [1.82, 2.24) is 0 Å². The molecule has 4 nitrogen and oxygen atoms in total. The number of carboxylic acid groups (broad SMARTS) is 1. The number of halogens is 1. The lowest BCUT2D eigenvalue weighted by molar-refractivity contribution is -0.131. The molecule has 1 N–H and O–H groups in total. The molecule has 1 aromatic rings. The Morgan fingerprint density at radius 2 is 2.30 bits per heavy atom. The molecule has 1 aliphatic carbocycles. The molecular formula is C15H15FN2O2. The zero-order valence-corrected chi connectivity index (χ0v) is 10.9. The Bertz CT molecular complexity index is 574. The van der Waals surface area contributed by atoms with Gasteiger partial charge in [0.15, 0.2) is 0 Å². The SMILES string of the molecule is N#CCCN(c1ccc(C=CC(=O)O)cc1F)C1CC1. The summed E-state index contributed by atoms with van der Waals surface area (Å²) in [4.78, 5) is 12.3. The summed E-state index contributed by atoms with van der Waals surface area (Å²) >= 11 is 0. The molecule has 0 saturated heterocycles. The largest absolute Gasteiger partial charge is 0.478 e. The first-order chi connectivity index (χ1) is 9.61. The van der Waals surface area contributed by atoms with Gasteiger partial charge < -0.3 is 10.0 Å². The number of benzene rings is 1. The maximum Gasteiger partial charge on any atom is 0.328 e. The average Bonchev–Trinajstić information content (AvgIpc) is 3.23. The molecule has 104 valence electrons. The van der Waals surface area contributed by atoms with E-state index in [0.717, 1.165) is 18.9 Å². The highest BCUT2D eigenvalue weighted by Gasteiger charge is 2.30. The fraction of sp³-hybridized carbons (Fsp3) is 0.333. The first-order valence-corrected chi connectivity index (χ1v) is 6.46. The van der Waals surface area contributed by atoms with E-state index in [-0.39, 0.29) is 5.82 Å². The van der Waals surface area contributed by atoms with E-state index in [1.807, 2.05) is 4.90 Å². The van der Waals surface area contributed by atoms with Crippen molar-refractivity contribution >= 4 is 17.7 Å². The van der Waals surface area contributed by atoms with Gasteiger partial charge in [0, 0.05) is 18.7 Å². The van der Waals surface area contributed by atoms with Crippen LogP contribution in [0.25, 0.3) is 6.08 Å². The molecule has 1 fully saturated rings. The van der Waals surface area contributed by atoms with Crippen molar-refractivity contribution < 1.29 is 14.3 Å². The van der Waals surface area contributed by atoms with Crippen molar-refractivity contribution in [2.24, 2.45) is 0 Å². The number of anilines is 1. The molecule has 0 atom stereocenters. The molecule has 0 bridgehead atoms. The van der Waals surface area contributed by atoms with Gasteiger partial charge in [0.25, 0.3) is 0 Å². The molecule has 0 spiro atoms. The standard InChI is InChI=1S/C15H15FN2O2/c16-13-10-11(3-7-15(19)20)2-6-14(13)18(9-1-8-17)12-4-5-12/h2-3,6-7,10,12H,1,4-5,9H2,(H,19,20). The predicted octanol–water partition coefficient (Wildman–Crippen LogP) is 2.81. The maximum atomic E-state index is 14.1. The van der Waals surface area contributed by atoms with Crippen LogP contribution in [0.15, 0.2) is 24.3 Å². The second kappa shape index (κ2) is 6.20. The zero-order chi connectivity index (χ0) is 14.5. The monoisotopic (exact) mass is 274 g/mol. The third-order valence-corrected chi connectivity index (χ3v) is 3.15. The number of rotatable bonds is 6. The van der Waals surface area contributed by atoms with Gasteiger partial charge in [-0.1, -0.05) is 6.07 Å². The molecule has 1 aromatic carbocycles. The van der Waals surface area contributed by atoms with Gasteiger partial charge in [0.05, 0.1) is 18.2 Å². The van der Waals surface area contributed by atoms with Gasteiger partial charge in [0.1, 0.15) is 5.82 Å². The highest BCUT2D eigenvalue weighted by molar-refractivity contribution is 5.85. The van der Waals surface area contributed by atoms with Gasteiger partial charge >= 0.3 is 5.97 Å². The Hall–Kier alpha value is -2.35. The van der Waals surface area contributed by atoms with Crippen molar-refractivity contribution in [3.8, 4) is 6.07 Å². The van der Waals surface area contributed by atoms with E-state index >= 15 is 0 Å². The minimum absolute atomic E-state index is 0.318. The number of nitrogens with zero attached hydrogens (tertiary/aromatic N) is 2. The van der Waals surface area contributed by atoms with Crippen LogP contribution in [0.1, 0.15) is 24.8 Å². The molecule has 0 aliphatic heterocycles. The lowest BCUT2D eigenvalue weighted by atomic mass is 10.1. The van der Waals surface area contributed by atoms with Gasteiger partial charge in [-0.2, -0.15) is 5.26 Å². The van der Waals surface area contributed by atoms with Crippen LogP contribution in [0, 0.1) is 17.1 Å². The normalized spacial score (nSPS) is 14.2. The van der Waals surface area contributed by atoms with Crippen LogP contribution in [0.2, 0.25) is 0 Å². The summed E-state index contributed by atoms with van der Waals surface area (Å²) in [5.74, 6) is -1.45. The van der Waals surface area contributed by atoms with E-state index in [2.05, 4.69) is 6.07 Å². The van der Waals surface area contributed by atoms with Crippen LogP contribution in [-0.4, -0.2) is 23.7 Å². The predicted molar refractivity (Wildman–Crippen MR) is 73.7 cm³/mol. The van der Waals surface area contributed by atoms with Crippen molar-refractivity contribution in [3.05, 3.63) is 35.7 Å². The molecule has 0 aromatic heterocycles. The number of carbonyl (C=O) groups is 1. The van der Waals surface area contributed by atoms with Gasteiger partial charge in [-0.25, -0.2) is 9.18 Å². The minimum Gasteiger partial charge on any atom is -0.478 e. The number of hydrogen-bond acceptors (Lipinski definition) is 3. The molecule has 1 aliphatic rings. The maximum absolute atomic E-state index is 14.1. The molecule has 0 amide bonds. The Kier molecular flexibility index (Phi) is 4.36. The first-order valence-electron chi connectivity index (χ1n) is 6.46. The second-order valence-electron chi connectivity index (χ2n) is 4.72. The Labute approximate surface area is 116 Å². The van der Waals surface area contributed by atoms with Crippen LogP contribution >= 0.6 is 0 Å². The van der Waals surface area contributed by atoms with Crippen molar-refractivity contribution in [3.63, 3.8) is 0 Å². The molecule has 0 radical (unpaired) electrons. The lowest BCUT2D eigenvalue weighted by Crippen LogP contribution is -2.27. The number of carboxylic acids is 1. The highest BCUT2D eigenvalue weighted by Crippen LogP contribution is 2.33. The van der Waals surface area contributed by atoms with E-state index in [1.165, 1.54) is 12.1 Å². The molecule has 5 heteroatoms.